The normalized spacial score (nSPS) is 23.9. The lowest BCUT2D eigenvalue weighted by Gasteiger charge is -2.52. The summed E-state index contributed by atoms with van der Waals surface area (Å²) in [6.07, 6.45) is 39.5. The van der Waals surface area contributed by atoms with Crippen molar-refractivity contribution in [2.75, 3.05) is 0 Å². The topological polar surface area (TPSA) is 18.5 Å². The van der Waals surface area contributed by atoms with Crippen LogP contribution < -0.4 is 0 Å². The summed E-state index contributed by atoms with van der Waals surface area (Å²) in [5, 5.41) is 0. The van der Waals surface area contributed by atoms with Gasteiger partial charge in [-0.05, 0) is 54.8 Å². The van der Waals surface area contributed by atoms with E-state index in [1.165, 1.54) is 186 Å². The van der Waals surface area contributed by atoms with Crippen LogP contribution in [0.5, 0.6) is 0 Å². The molecule has 2 fully saturated rings. The van der Waals surface area contributed by atoms with E-state index < -0.39 is 0 Å². The molecule has 0 spiro atoms. The van der Waals surface area contributed by atoms with Crippen molar-refractivity contribution in [3.05, 3.63) is 0 Å². The van der Waals surface area contributed by atoms with Crippen LogP contribution >= 0.6 is 0 Å². The largest absolute Gasteiger partial charge is 0.430 e. The van der Waals surface area contributed by atoms with Crippen LogP contribution in [-0.4, -0.2) is 25.2 Å². The quantitative estimate of drug-likeness (QED) is 0.0523. The summed E-state index contributed by atoms with van der Waals surface area (Å²) in [6.45, 7) is 22.3. The van der Waals surface area contributed by atoms with E-state index in [1.807, 2.05) is 0 Å². The molecule has 2 heterocycles. The third-order valence-electron chi connectivity index (χ3n) is 13.7. The Bertz CT molecular complexity index is 774. The van der Waals surface area contributed by atoms with Crippen LogP contribution in [0, 0.1) is 22.2 Å². The fourth-order valence-electron chi connectivity index (χ4n) is 10.4. The molecule has 5 atom stereocenters. The molecule has 0 aliphatic carbocycles. The van der Waals surface area contributed by atoms with Crippen molar-refractivity contribution in [1.82, 2.24) is 0 Å². The summed E-state index contributed by atoms with van der Waals surface area (Å²) in [6, 6.07) is 0. The van der Waals surface area contributed by atoms with Crippen LogP contribution in [0.15, 0.2) is 0 Å². The van der Waals surface area contributed by atoms with Crippen LogP contribution in [0.4, 0.5) is 0 Å². The molecule has 48 heavy (non-hydrogen) atoms. The van der Waals surface area contributed by atoms with Gasteiger partial charge in [-0.1, -0.05) is 210 Å². The molecular formula is C45H89BO2. The summed E-state index contributed by atoms with van der Waals surface area (Å²) in [4.78, 5) is 0. The average molecular weight is 673 g/mol. The van der Waals surface area contributed by atoms with Gasteiger partial charge in [0, 0.05) is 5.92 Å². The van der Waals surface area contributed by atoms with Gasteiger partial charge in [-0.15, -0.1) is 0 Å². The molecule has 0 aromatic carbocycles. The first-order valence-electron chi connectivity index (χ1n) is 22.5. The second-order valence-corrected chi connectivity index (χ2v) is 18.1. The summed E-state index contributed by atoms with van der Waals surface area (Å²) >= 11 is 0. The number of ether oxygens (including phenoxy) is 1. The number of rotatable bonds is 32. The van der Waals surface area contributed by atoms with Gasteiger partial charge in [-0.25, -0.2) is 0 Å². The van der Waals surface area contributed by atoms with E-state index in [9.17, 15) is 0 Å². The second kappa shape index (κ2) is 23.5. The van der Waals surface area contributed by atoms with Crippen LogP contribution in [0.1, 0.15) is 249 Å². The molecule has 2 bridgehead atoms. The first-order valence-corrected chi connectivity index (χ1v) is 22.5. The first-order chi connectivity index (χ1) is 23.2. The highest BCUT2D eigenvalue weighted by Gasteiger charge is 2.73. The molecular weight excluding hydrogens is 583 g/mol. The molecule has 2 aliphatic heterocycles. The van der Waals surface area contributed by atoms with Crippen molar-refractivity contribution in [3.63, 3.8) is 0 Å². The van der Waals surface area contributed by atoms with Crippen LogP contribution in [0.2, 0.25) is 0 Å². The predicted molar refractivity (Wildman–Crippen MR) is 215 cm³/mol. The minimum atomic E-state index is -0.152. The number of hydrogen-bond acceptors (Lipinski definition) is 2. The lowest BCUT2D eigenvalue weighted by atomic mass is 9.46. The highest BCUT2D eigenvalue weighted by Crippen LogP contribution is 2.66. The Morgan fingerprint density at radius 3 is 1.17 bits per heavy atom. The number of hydrogen-bond donors (Lipinski definition) is 0. The van der Waals surface area contributed by atoms with Crippen LogP contribution in [0.3, 0.4) is 0 Å². The smallest absolute Gasteiger partial charge is 0.309 e. The summed E-state index contributed by atoms with van der Waals surface area (Å²) < 4.78 is 15.4. The molecule has 0 aromatic rings. The van der Waals surface area contributed by atoms with Crippen molar-refractivity contribution in [2.24, 2.45) is 22.2 Å². The van der Waals surface area contributed by atoms with Gasteiger partial charge < -0.3 is 9.39 Å². The van der Waals surface area contributed by atoms with Gasteiger partial charge in [-0.2, -0.15) is 0 Å². The maximum atomic E-state index is 8.07. The van der Waals surface area contributed by atoms with Gasteiger partial charge in [-0.3, -0.25) is 0 Å². The molecule has 0 N–H and O–H groups in total. The van der Waals surface area contributed by atoms with E-state index in [0.717, 1.165) is 7.48 Å². The summed E-state index contributed by atoms with van der Waals surface area (Å²) in [5.41, 5.74) is 0.493. The first kappa shape index (κ1) is 44.1. The maximum absolute atomic E-state index is 8.07. The summed E-state index contributed by atoms with van der Waals surface area (Å²) in [5.74, 6) is 0.516. The average Bonchev–Trinajstić information content (AvgIpc) is 3.65. The van der Waals surface area contributed by atoms with Crippen LogP contribution in [-0.2, 0) is 9.39 Å². The fourth-order valence-corrected chi connectivity index (χ4v) is 10.4. The van der Waals surface area contributed by atoms with Gasteiger partial charge in [0.1, 0.15) is 0 Å². The Kier molecular flexibility index (Phi) is 21.6. The summed E-state index contributed by atoms with van der Waals surface area (Å²) in [7, 11) is 0.845. The van der Waals surface area contributed by atoms with Gasteiger partial charge in [0.2, 0.25) is 0 Å². The Morgan fingerprint density at radius 2 is 0.771 bits per heavy atom. The standard InChI is InChI=1S/C45H89BO2/c1-10-16-22-28-33-42(7,34-29-23-17-11-2)40-39-41(43(8,35-27-21-15-6)36-30-24-18-12-3)47-45(40,46-48-39)44(9,37-31-25-19-13-4)38-32-26-20-14-5/h39-41,46H,10-38H2,1-9H3/t39?,40?,41?,43?,45-/m0/s1. The van der Waals surface area contributed by atoms with E-state index in [2.05, 4.69) is 62.3 Å². The SMILES string of the molecule is CCCCCCC(C)(CCCCC)C1O[C@@]2(C(C)(CCCCCC)CCCCCC)BOC1C2C(C)(CCCCCC)CCCCCC. The van der Waals surface area contributed by atoms with Crippen molar-refractivity contribution >= 4 is 7.48 Å². The van der Waals surface area contributed by atoms with E-state index >= 15 is 0 Å². The predicted octanol–water partition coefficient (Wildman–Crippen LogP) is 14.9. The minimum absolute atomic E-state index is 0.152. The van der Waals surface area contributed by atoms with Gasteiger partial charge in [0.15, 0.2) is 0 Å². The highest BCUT2D eigenvalue weighted by molar-refractivity contribution is 6.34. The highest BCUT2D eigenvalue weighted by atomic mass is 16.6. The van der Waals surface area contributed by atoms with Crippen molar-refractivity contribution in [1.29, 1.82) is 0 Å². The van der Waals surface area contributed by atoms with Crippen LogP contribution in [0.25, 0.3) is 0 Å². The molecule has 0 aromatic heterocycles. The third-order valence-corrected chi connectivity index (χ3v) is 13.7. The molecule has 0 amide bonds. The number of fused-ring (bicyclic) bond motifs is 2. The second-order valence-electron chi connectivity index (χ2n) is 18.1. The minimum Gasteiger partial charge on any atom is -0.430 e. The number of unbranched alkanes of at least 4 members (excludes halogenated alkanes) is 17. The maximum Gasteiger partial charge on any atom is 0.309 e. The molecule has 2 nitrogen and oxygen atoms in total. The fraction of sp³-hybridized carbons (Fsp3) is 1.00. The Morgan fingerprint density at radius 1 is 0.438 bits per heavy atom. The molecule has 0 saturated carbocycles. The lowest BCUT2D eigenvalue weighted by Crippen LogP contribution is -2.58. The zero-order chi connectivity index (χ0) is 35.4. The molecule has 2 rings (SSSR count). The van der Waals surface area contributed by atoms with Gasteiger partial charge in [0.25, 0.3) is 0 Å². The van der Waals surface area contributed by atoms with Crippen molar-refractivity contribution < 1.29 is 9.39 Å². The Hall–Kier alpha value is -0.0151. The Labute approximate surface area is 304 Å². The van der Waals surface area contributed by atoms with E-state index in [0.29, 0.717) is 5.92 Å². The third kappa shape index (κ3) is 12.3. The Balaban J connectivity index is 2.65. The van der Waals surface area contributed by atoms with Crippen molar-refractivity contribution in [2.45, 2.75) is 266 Å². The van der Waals surface area contributed by atoms with E-state index in [4.69, 9.17) is 9.39 Å². The zero-order valence-electron chi connectivity index (χ0n) is 34.8. The van der Waals surface area contributed by atoms with E-state index in [1.54, 1.807) is 0 Å². The van der Waals surface area contributed by atoms with Gasteiger partial charge in [0.05, 0.1) is 17.7 Å². The zero-order valence-corrected chi connectivity index (χ0v) is 34.8. The molecule has 4 unspecified atom stereocenters. The molecule has 2 saturated heterocycles. The molecule has 0 radical (unpaired) electrons. The molecule has 2 aliphatic rings. The van der Waals surface area contributed by atoms with Crippen molar-refractivity contribution in [3.8, 4) is 0 Å². The van der Waals surface area contributed by atoms with Gasteiger partial charge >= 0.3 is 7.48 Å². The monoisotopic (exact) mass is 673 g/mol. The molecule has 3 heteroatoms. The lowest BCUT2D eigenvalue weighted by molar-refractivity contribution is -0.155. The molecule has 284 valence electrons. The van der Waals surface area contributed by atoms with E-state index in [-0.39, 0.29) is 34.0 Å².